The lowest BCUT2D eigenvalue weighted by atomic mass is 10.0. The summed E-state index contributed by atoms with van der Waals surface area (Å²) in [5.41, 5.74) is 1.09. The molecular weight excluding hydrogens is 304 g/mol. The zero-order chi connectivity index (χ0) is 15.5. The number of aromatic amines is 1. The van der Waals surface area contributed by atoms with Gasteiger partial charge in [0.2, 0.25) is 5.91 Å². The Morgan fingerprint density at radius 2 is 2.36 bits per heavy atom. The van der Waals surface area contributed by atoms with Crippen molar-refractivity contribution in [3.63, 3.8) is 0 Å². The van der Waals surface area contributed by atoms with E-state index < -0.39 is 6.04 Å². The van der Waals surface area contributed by atoms with Gasteiger partial charge in [-0.2, -0.15) is 0 Å². The van der Waals surface area contributed by atoms with Gasteiger partial charge in [-0.3, -0.25) is 14.6 Å². The van der Waals surface area contributed by atoms with E-state index in [0.717, 1.165) is 12.1 Å². The average molecular weight is 319 g/mol. The summed E-state index contributed by atoms with van der Waals surface area (Å²) in [5.74, 6) is -0.455. The number of piperidine rings is 1. The number of aromatic nitrogens is 2. The Hall–Kier alpha value is -2.34. The van der Waals surface area contributed by atoms with Gasteiger partial charge in [-0.15, -0.1) is 0 Å². The van der Waals surface area contributed by atoms with Crippen molar-refractivity contribution in [2.75, 3.05) is 11.4 Å². The normalized spacial score (nSPS) is 18.3. The number of pyridine rings is 1. The standard InChI is InChI=1S/C15H15ClN4O2/c16-10-7-13(18-8-10)14(21)19-12-4-2-6-20(15(12)22)11-3-1-5-17-9-11/h1,3,5,7-9,12,18H,2,4,6H2,(H,19,21). The average Bonchev–Trinajstić information content (AvgIpc) is 2.97. The van der Waals surface area contributed by atoms with Gasteiger partial charge < -0.3 is 15.2 Å². The molecule has 0 bridgehead atoms. The lowest BCUT2D eigenvalue weighted by molar-refractivity contribution is -0.121. The fraction of sp³-hybridized carbons (Fsp3) is 0.267. The maximum atomic E-state index is 12.5. The molecule has 1 aliphatic heterocycles. The van der Waals surface area contributed by atoms with Crippen LogP contribution in [-0.4, -0.2) is 34.4 Å². The topological polar surface area (TPSA) is 78.1 Å². The highest BCUT2D eigenvalue weighted by atomic mass is 35.5. The summed E-state index contributed by atoms with van der Waals surface area (Å²) < 4.78 is 0. The lowest BCUT2D eigenvalue weighted by Crippen LogP contribution is -2.52. The van der Waals surface area contributed by atoms with Crippen molar-refractivity contribution < 1.29 is 9.59 Å². The van der Waals surface area contributed by atoms with E-state index in [0.29, 0.717) is 23.7 Å². The number of carbonyl (C=O) groups is 2. The van der Waals surface area contributed by atoms with Crippen LogP contribution in [0.15, 0.2) is 36.8 Å². The SMILES string of the molecule is O=C(NC1CCCN(c2cccnc2)C1=O)c1cc(Cl)c[nH]1. The number of halogens is 1. The molecule has 0 aromatic carbocycles. The molecular formula is C15H15ClN4O2. The predicted molar refractivity (Wildman–Crippen MR) is 82.9 cm³/mol. The highest BCUT2D eigenvalue weighted by molar-refractivity contribution is 6.31. The van der Waals surface area contributed by atoms with Crippen molar-refractivity contribution in [1.82, 2.24) is 15.3 Å². The van der Waals surface area contributed by atoms with Gasteiger partial charge in [0.05, 0.1) is 16.9 Å². The van der Waals surface area contributed by atoms with Gasteiger partial charge in [-0.25, -0.2) is 0 Å². The molecule has 3 rings (SSSR count). The highest BCUT2D eigenvalue weighted by Gasteiger charge is 2.31. The Bertz CT molecular complexity index is 686. The molecule has 1 aliphatic rings. The molecule has 0 saturated carbocycles. The number of H-pyrrole nitrogens is 1. The van der Waals surface area contributed by atoms with Crippen molar-refractivity contribution in [1.29, 1.82) is 0 Å². The number of carbonyl (C=O) groups excluding carboxylic acids is 2. The van der Waals surface area contributed by atoms with E-state index >= 15 is 0 Å². The quantitative estimate of drug-likeness (QED) is 0.908. The molecule has 1 saturated heterocycles. The van der Waals surface area contributed by atoms with Crippen LogP contribution in [0.1, 0.15) is 23.3 Å². The lowest BCUT2D eigenvalue weighted by Gasteiger charge is -2.32. The summed E-state index contributed by atoms with van der Waals surface area (Å²) in [4.78, 5) is 33.1. The molecule has 114 valence electrons. The molecule has 1 atom stereocenters. The summed E-state index contributed by atoms with van der Waals surface area (Å²) in [6.07, 6.45) is 6.27. The van der Waals surface area contributed by atoms with Crippen molar-refractivity contribution in [2.45, 2.75) is 18.9 Å². The summed E-state index contributed by atoms with van der Waals surface area (Å²) in [6.45, 7) is 0.630. The van der Waals surface area contributed by atoms with E-state index in [1.165, 1.54) is 12.3 Å². The number of amides is 2. The maximum absolute atomic E-state index is 12.5. The molecule has 0 aliphatic carbocycles. The number of nitrogens with one attached hydrogen (secondary N) is 2. The van der Waals surface area contributed by atoms with Crippen LogP contribution in [0, 0.1) is 0 Å². The number of rotatable bonds is 3. The Morgan fingerprint density at radius 3 is 3.05 bits per heavy atom. The first-order chi connectivity index (χ1) is 10.6. The minimum absolute atomic E-state index is 0.120. The highest BCUT2D eigenvalue weighted by Crippen LogP contribution is 2.20. The van der Waals surface area contributed by atoms with E-state index in [-0.39, 0.29) is 11.8 Å². The first-order valence-corrected chi connectivity index (χ1v) is 7.39. The van der Waals surface area contributed by atoms with Crippen molar-refractivity contribution >= 4 is 29.1 Å². The van der Waals surface area contributed by atoms with Crippen LogP contribution in [0.3, 0.4) is 0 Å². The van der Waals surface area contributed by atoms with Gasteiger partial charge >= 0.3 is 0 Å². The van der Waals surface area contributed by atoms with Gasteiger partial charge in [0.15, 0.2) is 0 Å². The van der Waals surface area contributed by atoms with E-state index in [1.807, 2.05) is 6.07 Å². The van der Waals surface area contributed by atoms with Crippen LogP contribution >= 0.6 is 11.6 Å². The summed E-state index contributed by atoms with van der Waals surface area (Å²) >= 11 is 5.79. The van der Waals surface area contributed by atoms with Gasteiger partial charge in [0, 0.05) is 18.9 Å². The largest absolute Gasteiger partial charge is 0.356 e. The zero-order valence-corrected chi connectivity index (χ0v) is 12.5. The van der Waals surface area contributed by atoms with Crippen LogP contribution in [0.5, 0.6) is 0 Å². The van der Waals surface area contributed by atoms with Crippen molar-refractivity contribution in [3.05, 3.63) is 47.5 Å². The molecule has 0 radical (unpaired) electrons. The second kappa shape index (κ2) is 6.19. The van der Waals surface area contributed by atoms with Crippen LogP contribution < -0.4 is 10.2 Å². The summed E-state index contributed by atoms with van der Waals surface area (Å²) in [5, 5.41) is 3.21. The molecule has 1 unspecified atom stereocenters. The van der Waals surface area contributed by atoms with Crippen molar-refractivity contribution in [2.24, 2.45) is 0 Å². The van der Waals surface area contributed by atoms with E-state index in [1.54, 1.807) is 23.4 Å². The summed E-state index contributed by atoms with van der Waals surface area (Å²) in [7, 11) is 0. The van der Waals surface area contributed by atoms with E-state index in [9.17, 15) is 9.59 Å². The van der Waals surface area contributed by atoms with E-state index in [2.05, 4.69) is 15.3 Å². The summed E-state index contributed by atoms with van der Waals surface area (Å²) in [6, 6.07) is 4.61. The molecule has 2 N–H and O–H groups in total. The second-order valence-electron chi connectivity index (χ2n) is 5.10. The van der Waals surface area contributed by atoms with Gasteiger partial charge in [0.1, 0.15) is 11.7 Å². The smallest absolute Gasteiger partial charge is 0.268 e. The van der Waals surface area contributed by atoms with Crippen LogP contribution in [0.2, 0.25) is 5.02 Å². The Labute approximate surface area is 132 Å². The first kappa shape index (κ1) is 14.6. The Balaban J connectivity index is 1.72. The number of hydrogen-bond acceptors (Lipinski definition) is 3. The number of hydrogen-bond donors (Lipinski definition) is 2. The zero-order valence-electron chi connectivity index (χ0n) is 11.8. The Kier molecular flexibility index (Phi) is 4.11. The number of anilines is 1. The third-order valence-corrected chi connectivity index (χ3v) is 3.81. The third kappa shape index (κ3) is 2.96. The third-order valence-electron chi connectivity index (χ3n) is 3.59. The molecule has 3 heterocycles. The van der Waals surface area contributed by atoms with Gasteiger partial charge in [0.25, 0.3) is 5.91 Å². The molecule has 2 aromatic rings. The minimum atomic E-state index is -0.538. The monoisotopic (exact) mass is 318 g/mol. The van der Waals surface area contributed by atoms with Crippen LogP contribution in [0.25, 0.3) is 0 Å². The van der Waals surface area contributed by atoms with Crippen molar-refractivity contribution in [3.8, 4) is 0 Å². The fourth-order valence-electron chi connectivity index (χ4n) is 2.51. The maximum Gasteiger partial charge on any atom is 0.268 e. The fourth-order valence-corrected chi connectivity index (χ4v) is 2.68. The van der Waals surface area contributed by atoms with Crippen LogP contribution in [0.4, 0.5) is 5.69 Å². The van der Waals surface area contributed by atoms with E-state index in [4.69, 9.17) is 11.6 Å². The minimum Gasteiger partial charge on any atom is -0.356 e. The van der Waals surface area contributed by atoms with Gasteiger partial charge in [-0.1, -0.05) is 11.6 Å². The predicted octanol–water partition coefficient (Wildman–Crippen LogP) is 1.99. The first-order valence-electron chi connectivity index (χ1n) is 7.01. The molecule has 2 aromatic heterocycles. The molecule has 6 nitrogen and oxygen atoms in total. The molecule has 1 fully saturated rings. The molecule has 22 heavy (non-hydrogen) atoms. The molecule has 0 spiro atoms. The number of nitrogens with zero attached hydrogens (tertiary/aromatic N) is 2. The van der Waals surface area contributed by atoms with Gasteiger partial charge in [-0.05, 0) is 31.0 Å². The molecule has 7 heteroatoms. The van der Waals surface area contributed by atoms with Crippen LogP contribution in [-0.2, 0) is 4.79 Å². The Morgan fingerprint density at radius 1 is 1.50 bits per heavy atom. The molecule has 2 amide bonds. The second-order valence-corrected chi connectivity index (χ2v) is 5.54.